The van der Waals surface area contributed by atoms with Crippen molar-refractivity contribution in [2.75, 3.05) is 6.61 Å². The number of aryl methyl sites for hydroxylation is 1. The van der Waals surface area contributed by atoms with E-state index in [-0.39, 0.29) is 10.3 Å². The van der Waals surface area contributed by atoms with Crippen LogP contribution in [0.2, 0.25) is 0 Å². The molecule has 18 heavy (non-hydrogen) atoms. The van der Waals surface area contributed by atoms with Gasteiger partial charge in [-0.25, -0.2) is 0 Å². The van der Waals surface area contributed by atoms with E-state index in [2.05, 4.69) is 21.0 Å². The van der Waals surface area contributed by atoms with Gasteiger partial charge in [0.05, 0.1) is 0 Å². The van der Waals surface area contributed by atoms with Crippen molar-refractivity contribution in [2.24, 2.45) is 0 Å². The molecule has 1 unspecified atom stereocenters. The van der Waals surface area contributed by atoms with Crippen molar-refractivity contribution in [1.82, 2.24) is 9.55 Å². The molecule has 0 aliphatic carbocycles. The van der Waals surface area contributed by atoms with Crippen LogP contribution in [0, 0.1) is 6.92 Å². The van der Waals surface area contributed by atoms with Gasteiger partial charge in [-0.15, -0.1) is 0 Å². The van der Waals surface area contributed by atoms with Gasteiger partial charge >= 0.3 is 111 Å². The molecule has 2 rings (SSSR count). The average molecular weight is 320 g/mol. The molecule has 7 nitrogen and oxygen atoms in total. The average Bonchev–Trinajstić information content (AvgIpc) is 2.61. The molecule has 1 radical (unpaired) electrons. The van der Waals surface area contributed by atoms with Gasteiger partial charge in [0.2, 0.25) is 0 Å². The molecule has 1 aliphatic heterocycles. The third-order valence-electron chi connectivity index (χ3n) is 2.88. The Labute approximate surface area is 111 Å². The Bertz CT molecular complexity index is 506. The van der Waals surface area contributed by atoms with Crippen LogP contribution < -0.4 is 10.3 Å². The minimum atomic E-state index is -1.20. The van der Waals surface area contributed by atoms with Crippen LogP contribution in [0.3, 0.4) is 0 Å². The number of nitrogens with zero attached hydrogens (tertiary/aromatic N) is 2. The zero-order valence-corrected chi connectivity index (χ0v) is 11.3. The molecule has 8 heteroatoms. The summed E-state index contributed by atoms with van der Waals surface area (Å²) >= 11 is 2.60. The van der Waals surface area contributed by atoms with Crippen molar-refractivity contribution in [1.29, 1.82) is 0 Å². The Morgan fingerprint density at radius 2 is 2.17 bits per heavy atom. The first-order valence-electron chi connectivity index (χ1n) is 5.35. The number of rotatable bonds is 2. The third-order valence-corrected chi connectivity index (χ3v) is 3.51. The van der Waals surface area contributed by atoms with Crippen molar-refractivity contribution in [2.45, 2.75) is 31.5 Å². The molecule has 1 fully saturated rings. The first-order valence-corrected chi connectivity index (χ1v) is 6.20. The first-order chi connectivity index (χ1) is 8.45. The Hall–Kier alpha value is -0.761. The van der Waals surface area contributed by atoms with E-state index in [1.807, 2.05) is 0 Å². The van der Waals surface area contributed by atoms with E-state index < -0.39 is 31.1 Å². The van der Waals surface area contributed by atoms with Crippen LogP contribution in [0.15, 0.2) is 11.0 Å². The van der Waals surface area contributed by atoms with E-state index in [0.717, 1.165) is 0 Å². The Kier molecular flexibility index (Phi) is 3.86. The van der Waals surface area contributed by atoms with Gasteiger partial charge in [-0.3, -0.25) is 0 Å². The normalized spacial score (nSPS) is 31.8. The fourth-order valence-electron chi connectivity index (χ4n) is 1.84. The summed E-state index contributed by atoms with van der Waals surface area (Å²) < 4.78 is 7.03. The summed E-state index contributed by atoms with van der Waals surface area (Å²) in [4.78, 5) is 15.1. The summed E-state index contributed by atoms with van der Waals surface area (Å²) in [5.41, 5.74) is 0.0264. The molecule has 1 aliphatic rings. The maximum absolute atomic E-state index is 11.3. The molecule has 1 aromatic heterocycles. The number of aromatic nitrogens is 2. The number of aliphatic hydroxyl groups excluding tert-OH is 3. The molecule has 0 bridgehead atoms. The third kappa shape index (κ3) is 2.23. The molecule has 99 valence electrons. The Balaban J connectivity index is 2.38. The van der Waals surface area contributed by atoms with Gasteiger partial charge in [0.15, 0.2) is 0 Å². The number of ether oxygens (including phenoxy) is 1. The van der Waals surface area contributed by atoms with Gasteiger partial charge in [0.1, 0.15) is 0 Å². The number of aliphatic hydroxyl groups is 3. The molecule has 2 heterocycles. The molecule has 4 atom stereocenters. The van der Waals surface area contributed by atoms with Gasteiger partial charge in [0.25, 0.3) is 0 Å². The van der Waals surface area contributed by atoms with Gasteiger partial charge in [-0.1, -0.05) is 0 Å². The summed E-state index contributed by atoms with van der Waals surface area (Å²) in [7, 11) is 0. The maximum atomic E-state index is 11.3. The summed E-state index contributed by atoms with van der Waals surface area (Å²) in [5.74, 6) is 0. The molecule has 1 aromatic rings. The zero-order chi connectivity index (χ0) is 13.4. The minimum absolute atomic E-state index is 0.250. The van der Waals surface area contributed by atoms with Gasteiger partial charge in [-0.2, -0.15) is 0 Å². The predicted octanol–water partition coefficient (Wildman–Crippen LogP) is -3.04. The van der Waals surface area contributed by atoms with Crippen LogP contribution in [0.5, 0.6) is 0 Å². The van der Waals surface area contributed by atoms with E-state index in [4.69, 9.17) is 9.84 Å². The molecular formula is C10H13N2O5Se. The number of hydrogen-bond donors (Lipinski definition) is 3. The van der Waals surface area contributed by atoms with Crippen molar-refractivity contribution < 1.29 is 20.1 Å². The van der Waals surface area contributed by atoms with Gasteiger partial charge in [-0.05, 0) is 0 Å². The second-order valence-electron chi connectivity index (χ2n) is 4.15. The fraction of sp³-hybridized carbons (Fsp3) is 0.600. The van der Waals surface area contributed by atoms with Crippen molar-refractivity contribution >= 4 is 20.7 Å². The zero-order valence-electron chi connectivity index (χ0n) is 9.55. The second kappa shape index (κ2) is 5.08. The van der Waals surface area contributed by atoms with Gasteiger partial charge in [0, 0.05) is 0 Å². The fourth-order valence-corrected chi connectivity index (χ4v) is 2.35. The summed E-state index contributed by atoms with van der Waals surface area (Å²) in [6, 6.07) is 0. The monoisotopic (exact) mass is 321 g/mol. The van der Waals surface area contributed by atoms with Crippen LogP contribution in [-0.4, -0.2) is 65.8 Å². The second-order valence-corrected chi connectivity index (χ2v) is 4.91. The van der Waals surface area contributed by atoms with Crippen LogP contribution in [0.4, 0.5) is 0 Å². The van der Waals surface area contributed by atoms with E-state index in [1.165, 1.54) is 10.8 Å². The molecule has 0 saturated carbocycles. The molecule has 0 amide bonds. The Morgan fingerprint density at radius 1 is 1.50 bits per heavy atom. The summed E-state index contributed by atoms with van der Waals surface area (Å²) in [6.07, 6.45) is -2.64. The van der Waals surface area contributed by atoms with E-state index >= 15 is 0 Å². The molecule has 3 N–H and O–H groups in total. The molecule has 1 saturated heterocycles. The van der Waals surface area contributed by atoms with Crippen molar-refractivity contribution in [3.8, 4) is 0 Å². The van der Waals surface area contributed by atoms with Crippen LogP contribution >= 0.6 is 0 Å². The SMILES string of the molecule is Cc1cn(C2O[C@H](CO)[C@@H](O)[C@H]2O)c([Se])nc1=O. The standard InChI is InChI=1S/C10H13N2O5Se/c1-4-2-12(10(18)11-8(4)16)9-7(15)6(14)5(3-13)17-9/h2,5-7,9,13-15H,3H2,1H3/t5-,6-,7-,9?/m1/s1. The topological polar surface area (TPSA) is 105 Å². The van der Waals surface area contributed by atoms with E-state index in [0.29, 0.717) is 5.56 Å². The predicted molar refractivity (Wildman–Crippen MR) is 61.6 cm³/mol. The van der Waals surface area contributed by atoms with E-state index in [1.54, 1.807) is 6.92 Å². The summed E-state index contributed by atoms with van der Waals surface area (Å²) in [6.45, 7) is 1.19. The van der Waals surface area contributed by atoms with Crippen LogP contribution in [0.1, 0.15) is 11.8 Å². The first kappa shape index (κ1) is 13.7. The summed E-state index contributed by atoms with van der Waals surface area (Å²) in [5, 5.41) is 28.5. The molecule has 0 aromatic carbocycles. The van der Waals surface area contributed by atoms with Crippen molar-refractivity contribution in [3.05, 3.63) is 22.1 Å². The van der Waals surface area contributed by atoms with Crippen molar-refractivity contribution in [3.63, 3.8) is 0 Å². The molecular weight excluding hydrogens is 307 g/mol. The quantitative estimate of drug-likeness (QED) is 0.500. The number of hydrogen-bond acceptors (Lipinski definition) is 6. The van der Waals surface area contributed by atoms with E-state index in [9.17, 15) is 15.0 Å². The van der Waals surface area contributed by atoms with Crippen LogP contribution in [0.25, 0.3) is 0 Å². The van der Waals surface area contributed by atoms with Crippen LogP contribution in [-0.2, 0) is 4.74 Å². The Morgan fingerprint density at radius 3 is 2.72 bits per heavy atom. The van der Waals surface area contributed by atoms with Gasteiger partial charge < -0.3 is 0 Å². The molecule has 0 spiro atoms.